The molecule has 0 unspecified atom stereocenters. The van der Waals surface area contributed by atoms with Gasteiger partial charge in [0.2, 0.25) is 10.0 Å². The monoisotopic (exact) mass is 416 g/mol. The lowest BCUT2D eigenvalue weighted by Gasteiger charge is -2.15. The maximum atomic E-state index is 13.5. The Morgan fingerprint density at radius 2 is 1.79 bits per heavy atom. The summed E-state index contributed by atoms with van der Waals surface area (Å²) < 4.78 is 40.0. The van der Waals surface area contributed by atoms with E-state index in [1.165, 1.54) is 40.7 Å². The number of sulfonamides is 1. The van der Waals surface area contributed by atoms with Crippen LogP contribution in [0.5, 0.6) is 0 Å². The topological polar surface area (TPSA) is 102 Å². The van der Waals surface area contributed by atoms with Crippen LogP contribution in [-0.4, -0.2) is 44.8 Å². The van der Waals surface area contributed by atoms with Crippen molar-refractivity contribution in [2.75, 3.05) is 31.5 Å². The van der Waals surface area contributed by atoms with Gasteiger partial charge in [-0.1, -0.05) is 6.07 Å². The van der Waals surface area contributed by atoms with E-state index in [1.54, 1.807) is 12.1 Å². The second-order valence-electron chi connectivity index (χ2n) is 6.59. The van der Waals surface area contributed by atoms with Crippen molar-refractivity contribution in [1.29, 1.82) is 5.26 Å². The fraction of sp³-hybridized carbons (Fsp3) is 0.300. The summed E-state index contributed by atoms with van der Waals surface area (Å²) in [6, 6.07) is 11.9. The van der Waals surface area contributed by atoms with Gasteiger partial charge in [0, 0.05) is 31.7 Å². The van der Waals surface area contributed by atoms with Crippen molar-refractivity contribution >= 4 is 21.6 Å². The Labute approximate surface area is 169 Å². The molecule has 29 heavy (non-hydrogen) atoms. The number of hydrogen-bond acceptors (Lipinski definition) is 5. The van der Waals surface area contributed by atoms with Crippen LogP contribution in [0.4, 0.5) is 10.1 Å². The number of amides is 1. The number of benzene rings is 2. The van der Waals surface area contributed by atoms with Crippen molar-refractivity contribution in [3.63, 3.8) is 0 Å². The first-order valence-corrected chi connectivity index (χ1v) is 10.7. The summed E-state index contributed by atoms with van der Waals surface area (Å²) in [7, 11) is -3.51. The van der Waals surface area contributed by atoms with Gasteiger partial charge in [-0.15, -0.1) is 0 Å². The predicted molar refractivity (Wildman–Crippen MR) is 106 cm³/mol. The van der Waals surface area contributed by atoms with E-state index >= 15 is 0 Å². The molecule has 2 aromatic rings. The van der Waals surface area contributed by atoms with Crippen molar-refractivity contribution in [3.05, 3.63) is 59.4 Å². The van der Waals surface area contributed by atoms with Gasteiger partial charge in [0.05, 0.1) is 10.6 Å². The number of carbonyl (C=O) groups excluding carboxylic acids is 1. The number of rotatable bonds is 7. The van der Waals surface area contributed by atoms with Crippen LogP contribution in [0.15, 0.2) is 47.4 Å². The summed E-state index contributed by atoms with van der Waals surface area (Å²) >= 11 is 0. The van der Waals surface area contributed by atoms with E-state index < -0.39 is 15.8 Å². The molecule has 152 valence electrons. The van der Waals surface area contributed by atoms with Gasteiger partial charge >= 0.3 is 0 Å². The van der Waals surface area contributed by atoms with Crippen LogP contribution < -0.4 is 10.6 Å². The summed E-state index contributed by atoms with van der Waals surface area (Å²) in [5.74, 6) is -0.956. The molecular weight excluding hydrogens is 395 g/mol. The highest BCUT2D eigenvalue weighted by Gasteiger charge is 2.27. The summed E-state index contributed by atoms with van der Waals surface area (Å²) in [5.41, 5.74) is 0.626. The quantitative estimate of drug-likeness (QED) is 0.675. The van der Waals surface area contributed by atoms with Gasteiger partial charge < -0.3 is 10.6 Å². The zero-order valence-electron chi connectivity index (χ0n) is 15.7. The van der Waals surface area contributed by atoms with Crippen molar-refractivity contribution < 1.29 is 17.6 Å². The molecule has 0 spiro atoms. The molecule has 7 nitrogen and oxygen atoms in total. The smallest absolute Gasteiger partial charge is 0.251 e. The van der Waals surface area contributed by atoms with Crippen molar-refractivity contribution in [2.45, 2.75) is 17.7 Å². The second-order valence-corrected chi connectivity index (χ2v) is 8.53. The first-order chi connectivity index (χ1) is 13.9. The van der Waals surface area contributed by atoms with Crippen LogP contribution in [0.1, 0.15) is 28.8 Å². The number of halogens is 1. The molecular formula is C20H21FN4O3S. The molecule has 0 aliphatic carbocycles. The summed E-state index contributed by atoms with van der Waals surface area (Å²) in [6.07, 6.45) is 1.72. The molecule has 1 saturated heterocycles. The largest absolute Gasteiger partial charge is 0.382 e. The minimum atomic E-state index is -3.51. The lowest BCUT2D eigenvalue weighted by Crippen LogP contribution is -2.29. The van der Waals surface area contributed by atoms with Crippen molar-refractivity contribution in [2.24, 2.45) is 0 Å². The predicted octanol–water partition coefficient (Wildman–Crippen LogP) is 2.32. The molecule has 0 saturated carbocycles. The number of nitrogens with zero attached hydrogens (tertiary/aromatic N) is 2. The molecule has 1 heterocycles. The molecule has 0 radical (unpaired) electrons. The van der Waals surface area contributed by atoms with Crippen molar-refractivity contribution in [1.82, 2.24) is 9.62 Å². The lowest BCUT2D eigenvalue weighted by atomic mass is 10.2. The first-order valence-electron chi connectivity index (χ1n) is 9.24. The zero-order chi connectivity index (χ0) is 20.9. The van der Waals surface area contributed by atoms with E-state index in [2.05, 4.69) is 10.6 Å². The van der Waals surface area contributed by atoms with Crippen LogP contribution in [0, 0.1) is 17.1 Å². The van der Waals surface area contributed by atoms with Crippen LogP contribution in [0.2, 0.25) is 0 Å². The van der Waals surface area contributed by atoms with Crippen molar-refractivity contribution in [3.8, 4) is 6.07 Å². The number of nitriles is 1. The Hall–Kier alpha value is -2.96. The summed E-state index contributed by atoms with van der Waals surface area (Å²) in [6.45, 7) is 1.59. The fourth-order valence-electron chi connectivity index (χ4n) is 3.12. The van der Waals surface area contributed by atoms with Gasteiger partial charge in [0.25, 0.3) is 5.91 Å². The van der Waals surface area contributed by atoms with E-state index in [1.807, 2.05) is 0 Å². The number of anilines is 1. The number of nitrogens with one attached hydrogen (secondary N) is 2. The standard InChI is InChI=1S/C20H21FN4O3S/c21-18-4-3-5-19(17(18)14-22)23-10-11-24-20(26)15-6-8-16(9-7-15)29(27,28)25-12-1-2-13-25/h3-9,23H,1-2,10-13H2,(H,24,26). The Morgan fingerprint density at radius 1 is 1.10 bits per heavy atom. The Kier molecular flexibility index (Phi) is 6.46. The zero-order valence-corrected chi connectivity index (χ0v) is 16.5. The molecule has 2 aromatic carbocycles. The van der Waals surface area contributed by atoms with Crippen LogP contribution in [0.3, 0.4) is 0 Å². The minimum absolute atomic E-state index is 0.0753. The first kappa shape index (κ1) is 20.8. The maximum absolute atomic E-state index is 13.5. The molecule has 3 rings (SSSR count). The summed E-state index contributed by atoms with van der Waals surface area (Å²) in [5, 5.41) is 14.6. The highest BCUT2D eigenvalue weighted by molar-refractivity contribution is 7.89. The summed E-state index contributed by atoms with van der Waals surface area (Å²) in [4.78, 5) is 12.4. The molecule has 1 aliphatic heterocycles. The van der Waals surface area contributed by atoms with Gasteiger partial charge in [0.1, 0.15) is 17.4 Å². The third-order valence-electron chi connectivity index (χ3n) is 4.67. The van der Waals surface area contributed by atoms with Crippen LogP contribution >= 0.6 is 0 Å². The molecule has 1 fully saturated rings. The molecule has 1 aliphatic rings. The minimum Gasteiger partial charge on any atom is -0.382 e. The van der Waals surface area contributed by atoms with Gasteiger partial charge in [-0.2, -0.15) is 9.57 Å². The van der Waals surface area contributed by atoms with Gasteiger partial charge in [0.15, 0.2) is 0 Å². The van der Waals surface area contributed by atoms with Gasteiger partial charge in [-0.05, 0) is 49.2 Å². The average molecular weight is 416 g/mol. The van der Waals surface area contributed by atoms with E-state index in [-0.39, 0.29) is 22.9 Å². The van der Waals surface area contributed by atoms with Crippen LogP contribution in [0.25, 0.3) is 0 Å². The fourth-order valence-corrected chi connectivity index (χ4v) is 4.63. The second kappa shape index (κ2) is 9.03. The lowest BCUT2D eigenvalue weighted by molar-refractivity contribution is 0.0955. The molecule has 2 N–H and O–H groups in total. The van der Waals surface area contributed by atoms with E-state index in [0.717, 1.165) is 12.8 Å². The third kappa shape index (κ3) is 4.72. The Morgan fingerprint density at radius 3 is 2.45 bits per heavy atom. The molecule has 1 amide bonds. The van der Waals surface area contributed by atoms with E-state index in [9.17, 15) is 17.6 Å². The number of hydrogen-bond donors (Lipinski definition) is 2. The van der Waals surface area contributed by atoms with Gasteiger partial charge in [-0.3, -0.25) is 4.79 Å². The van der Waals surface area contributed by atoms with Gasteiger partial charge in [-0.25, -0.2) is 12.8 Å². The van der Waals surface area contributed by atoms with Crippen LogP contribution in [-0.2, 0) is 10.0 Å². The third-order valence-corrected chi connectivity index (χ3v) is 6.58. The van der Waals surface area contributed by atoms with E-state index in [4.69, 9.17) is 5.26 Å². The Balaban J connectivity index is 1.54. The molecule has 0 bridgehead atoms. The highest BCUT2D eigenvalue weighted by atomic mass is 32.2. The molecule has 0 atom stereocenters. The normalized spacial score (nSPS) is 14.3. The number of carbonyl (C=O) groups is 1. The SMILES string of the molecule is N#Cc1c(F)cccc1NCCNC(=O)c1ccc(S(=O)(=O)N2CCCC2)cc1. The maximum Gasteiger partial charge on any atom is 0.251 e. The molecule has 0 aromatic heterocycles. The van der Waals surface area contributed by atoms with E-state index in [0.29, 0.717) is 30.9 Å². The highest BCUT2D eigenvalue weighted by Crippen LogP contribution is 2.21. The Bertz CT molecular complexity index is 1030. The average Bonchev–Trinajstić information content (AvgIpc) is 3.27. The molecule has 9 heteroatoms.